The summed E-state index contributed by atoms with van der Waals surface area (Å²) in [7, 11) is 1.61. The standard InChI is InChI=1S/C15H24N2O3/c1-9(2)7-13(15(20)16-4)17-10(3)12-6-5-11(18)8-14(12)19/h5-6,8-10,13,17-19H,7H2,1-4H3,(H,16,20). The topological polar surface area (TPSA) is 81.6 Å². The predicted molar refractivity (Wildman–Crippen MR) is 78.6 cm³/mol. The van der Waals surface area contributed by atoms with Crippen LogP contribution in [-0.4, -0.2) is 29.2 Å². The normalized spacial score (nSPS) is 14.1. The average Bonchev–Trinajstić information content (AvgIpc) is 2.36. The fourth-order valence-corrected chi connectivity index (χ4v) is 2.19. The molecular weight excluding hydrogens is 256 g/mol. The van der Waals surface area contributed by atoms with E-state index < -0.39 is 0 Å². The van der Waals surface area contributed by atoms with Crippen LogP contribution in [0.4, 0.5) is 0 Å². The summed E-state index contributed by atoms with van der Waals surface area (Å²) in [6.45, 7) is 5.99. The molecule has 1 aromatic carbocycles. The Labute approximate surface area is 120 Å². The van der Waals surface area contributed by atoms with Crippen molar-refractivity contribution in [1.82, 2.24) is 10.6 Å². The number of hydrogen-bond acceptors (Lipinski definition) is 4. The minimum absolute atomic E-state index is 0.0171. The summed E-state index contributed by atoms with van der Waals surface area (Å²) in [6.07, 6.45) is 0.711. The third-order valence-corrected chi connectivity index (χ3v) is 3.20. The number of nitrogens with one attached hydrogen (secondary N) is 2. The summed E-state index contributed by atoms with van der Waals surface area (Å²) < 4.78 is 0. The van der Waals surface area contributed by atoms with E-state index in [9.17, 15) is 15.0 Å². The Morgan fingerprint density at radius 1 is 1.25 bits per heavy atom. The molecule has 0 aromatic heterocycles. The zero-order valence-corrected chi connectivity index (χ0v) is 12.5. The van der Waals surface area contributed by atoms with Gasteiger partial charge in [-0.1, -0.05) is 19.9 Å². The van der Waals surface area contributed by atoms with Gasteiger partial charge in [0.05, 0.1) is 6.04 Å². The molecule has 2 unspecified atom stereocenters. The largest absolute Gasteiger partial charge is 0.508 e. The second-order valence-corrected chi connectivity index (χ2v) is 5.43. The van der Waals surface area contributed by atoms with Crippen LogP contribution in [0.15, 0.2) is 18.2 Å². The maximum absolute atomic E-state index is 11.9. The van der Waals surface area contributed by atoms with E-state index in [0.717, 1.165) is 0 Å². The van der Waals surface area contributed by atoms with Gasteiger partial charge in [0.2, 0.25) is 5.91 Å². The molecule has 20 heavy (non-hydrogen) atoms. The minimum atomic E-state index is -0.316. The monoisotopic (exact) mass is 280 g/mol. The molecule has 5 nitrogen and oxygen atoms in total. The van der Waals surface area contributed by atoms with Crippen molar-refractivity contribution in [2.45, 2.75) is 39.3 Å². The molecule has 0 heterocycles. The second-order valence-electron chi connectivity index (χ2n) is 5.43. The second kappa shape index (κ2) is 7.14. The Bertz CT molecular complexity index is 460. The molecule has 2 atom stereocenters. The van der Waals surface area contributed by atoms with E-state index in [1.807, 2.05) is 6.92 Å². The summed E-state index contributed by atoms with van der Waals surface area (Å²) >= 11 is 0. The zero-order valence-electron chi connectivity index (χ0n) is 12.5. The fourth-order valence-electron chi connectivity index (χ4n) is 2.19. The van der Waals surface area contributed by atoms with E-state index in [1.54, 1.807) is 13.1 Å². The molecule has 1 amide bonds. The van der Waals surface area contributed by atoms with E-state index in [1.165, 1.54) is 12.1 Å². The van der Waals surface area contributed by atoms with E-state index in [-0.39, 0.29) is 29.5 Å². The van der Waals surface area contributed by atoms with Crippen molar-refractivity contribution in [3.8, 4) is 11.5 Å². The first-order valence-corrected chi connectivity index (χ1v) is 6.84. The van der Waals surface area contributed by atoms with Gasteiger partial charge in [0.25, 0.3) is 0 Å². The van der Waals surface area contributed by atoms with Gasteiger partial charge in [0.15, 0.2) is 0 Å². The highest BCUT2D eigenvalue weighted by Gasteiger charge is 2.22. The first-order valence-electron chi connectivity index (χ1n) is 6.84. The van der Waals surface area contributed by atoms with Crippen molar-refractivity contribution < 1.29 is 15.0 Å². The summed E-state index contributed by atoms with van der Waals surface area (Å²) in [4.78, 5) is 11.9. The van der Waals surface area contributed by atoms with Crippen LogP contribution in [0.2, 0.25) is 0 Å². The number of aromatic hydroxyl groups is 2. The highest BCUT2D eigenvalue weighted by atomic mass is 16.3. The third-order valence-electron chi connectivity index (χ3n) is 3.20. The molecule has 0 spiro atoms. The summed E-state index contributed by atoms with van der Waals surface area (Å²) in [5.41, 5.74) is 0.653. The van der Waals surface area contributed by atoms with Gasteiger partial charge in [0, 0.05) is 24.7 Å². The Kier molecular flexibility index (Phi) is 5.82. The molecule has 0 aliphatic heterocycles. The Balaban J connectivity index is 2.84. The van der Waals surface area contributed by atoms with Crippen LogP contribution >= 0.6 is 0 Å². The van der Waals surface area contributed by atoms with E-state index in [4.69, 9.17) is 0 Å². The minimum Gasteiger partial charge on any atom is -0.508 e. The Morgan fingerprint density at radius 3 is 2.40 bits per heavy atom. The maximum Gasteiger partial charge on any atom is 0.236 e. The molecular formula is C15H24N2O3. The van der Waals surface area contributed by atoms with Crippen molar-refractivity contribution >= 4 is 5.91 Å². The molecule has 0 saturated heterocycles. The molecule has 0 fully saturated rings. The van der Waals surface area contributed by atoms with Crippen LogP contribution in [-0.2, 0) is 4.79 Å². The molecule has 1 rings (SSSR count). The number of amides is 1. The van der Waals surface area contributed by atoms with Crippen LogP contribution in [0.25, 0.3) is 0 Å². The van der Waals surface area contributed by atoms with E-state index in [2.05, 4.69) is 24.5 Å². The van der Waals surface area contributed by atoms with E-state index in [0.29, 0.717) is 17.9 Å². The number of hydrogen-bond donors (Lipinski definition) is 4. The van der Waals surface area contributed by atoms with Crippen LogP contribution in [0.1, 0.15) is 38.8 Å². The molecule has 0 bridgehead atoms. The lowest BCUT2D eigenvalue weighted by atomic mass is 10.00. The highest BCUT2D eigenvalue weighted by molar-refractivity contribution is 5.81. The Morgan fingerprint density at radius 2 is 1.90 bits per heavy atom. The molecule has 5 heteroatoms. The Hall–Kier alpha value is -1.75. The fraction of sp³-hybridized carbons (Fsp3) is 0.533. The molecule has 4 N–H and O–H groups in total. The van der Waals surface area contributed by atoms with Gasteiger partial charge < -0.3 is 15.5 Å². The van der Waals surface area contributed by atoms with Crippen LogP contribution in [0.3, 0.4) is 0 Å². The number of phenolic OH excluding ortho intramolecular Hbond substituents is 2. The van der Waals surface area contributed by atoms with Gasteiger partial charge >= 0.3 is 0 Å². The molecule has 112 valence electrons. The van der Waals surface area contributed by atoms with Gasteiger partial charge in [-0.15, -0.1) is 0 Å². The van der Waals surface area contributed by atoms with Crippen LogP contribution in [0, 0.1) is 5.92 Å². The van der Waals surface area contributed by atoms with Crippen molar-refractivity contribution in [2.75, 3.05) is 7.05 Å². The summed E-state index contributed by atoms with van der Waals surface area (Å²) in [5.74, 6) is 0.350. The van der Waals surface area contributed by atoms with Crippen molar-refractivity contribution in [2.24, 2.45) is 5.92 Å². The first-order chi connectivity index (χ1) is 9.35. The van der Waals surface area contributed by atoms with Gasteiger partial charge in [-0.3, -0.25) is 10.1 Å². The number of benzene rings is 1. The van der Waals surface area contributed by atoms with Crippen molar-refractivity contribution in [1.29, 1.82) is 0 Å². The molecule has 0 aliphatic carbocycles. The average molecular weight is 280 g/mol. The lowest BCUT2D eigenvalue weighted by Gasteiger charge is -2.24. The highest BCUT2D eigenvalue weighted by Crippen LogP contribution is 2.28. The van der Waals surface area contributed by atoms with Crippen LogP contribution in [0.5, 0.6) is 11.5 Å². The van der Waals surface area contributed by atoms with Crippen molar-refractivity contribution in [3.63, 3.8) is 0 Å². The van der Waals surface area contributed by atoms with Crippen molar-refractivity contribution in [3.05, 3.63) is 23.8 Å². The summed E-state index contributed by atoms with van der Waals surface area (Å²) in [6, 6.07) is 3.95. The van der Waals surface area contributed by atoms with Gasteiger partial charge in [0.1, 0.15) is 11.5 Å². The van der Waals surface area contributed by atoms with Crippen LogP contribution < -0.4 is 10.6 Å². The number of likely N-dealkylation sites (N-methyl/N-ethyl adjacent to an activating group) is 1. The predicted octanol–water partition coefficient (Wildman–Crippen LogP) is 1.91. The molecule has 0 radical (unpaired) electrons. The number of carbonyl (C=O) groups excluding carboxylic acids is 1. The molecule has 0 aliphatic rings. The molecule has 1 aromatic rings. The SMILES string of the molecule is CNC(=O)C(CC(C)C)NC(C)c1ccc(O)cc1O. The zero-order chi connectivity index (χ0) is 15.3. The maximum atomic E-state index is 11.9. The lowest BCUT2D eigenvalue weighted by molar-refractivity contribution is -0.123. The smallest absolute Gasteiger partial charge is 0.236 e. The molecule has 0 saturated carbocycles. The van der Waals surface area contributed by atoms with E-state index >= 15 is 0 Å². The van der Waals surface area contributed by atoms with Gasteiger partial charge in [-0.05, 0) is 25.3 Å². The first kappa shape index (κ1) is 16.3. The number of phenols is 2. The lowest BCUT2D eigenvalue weighted by Crippen LogP contribution is -2.44. The van der Waals surface area contributed by atoms with Gasteiger partial charge in [-0.25, -0.2) is 0 Å². The number of rotatable bonds is 6. The quantitative estimate of drug-likeness (QED) is 0.641. The number of carbonyl (C=O) groups is 1. The summed E-state index contributed by atoms with van der Waals surface area (Å²) in [5, 5.41) is 25.0. The third kappa shape index (κ3) is 4.42. The van der Waals surface area contributed by atoms with Gasteiger partial charge in [-0.2, -0.15) is 0 Å².